The number of aromatic nitrogens is 4. The molecule has 0 fully saturated rings. The first kappa shape index (κ1) is 9.63. The quantitative estimate of drug-likeness (QED) is 0.722. The van der Waals surface area contributed by atoms with Gasteiger partial charge >= 0.3 is 0 Å². The molecule has 0 aliphatic rings. The van der Waals surface area contributed by atoms with Gasteiger partial charge < -0.3 is 11.5 Å². The van der Waals surface area contributed by atoms with Crippen LogP contribution in [0.25, 0.3) is 5.78 Å². The molecule has 0 aliphatic carbocycles. The molecule has 2 aromatic rings. The molecule has 0 bridgehead atoms. The van der Waals surface area contributed by atoms with Crippen molar-refractivity contribution in [1.29, 1.82) is 0 Å². The molecule has 7 nitrogen and oxygen atoms in total. The summed E-state index contributed by atoms with van der Waals surface area (Å²) in [5.41, 5.74) is 11.6. The summed E-state index contributed by atoms with van der Waals surface area (Å²) in [6.45, 7) is 5.73. The maximum absolute atomic E-state index is 5.81. The van der Waals surface area contributed by atoms with Crippen LogP contribution in [0.2, 0.25) is 0 Å². The molecule has 2 heterocycles. The SMILES string of the molecule is CCN(CC)n1c(N)nc2ncc(N)n21. The predicted octanol–water partition coefficient (Wildman–Crippen LogP) is -0.327. The van der Waals surface area contributed by atoms with Crippen molar-refractivity contribution in [3.05, 3.63) is 6.20 Å². The highest BCUT2D eigenvalue weighted by Gasteiger charge is 2.14. The van der Waals surface area contributed by atoms with Crippen LogP contribution < -0.4 is 16.5 Å². The maximum Gasteiger partial charge on any atom is 0.255 e. The van der Waals surface area contributed by atoms with Crippen molar-refractivity contribution in [2.45, 2.75) is 13.8 Å². The summed E-state index contributed by atoms with van der Waals surface area (Å²) in [6, 6.07) is 0. The van der Waals surface area contributed by atoms with Gasteiger partial charge in [-0.1, -0.05) is 0 Å². The van der Waals surface area contributed by atoms with Crippen molar-refractivity contribution in [3.63, 3.8) is 0 Å². The highest BCUT2D eigenvalue weighted by molar-refractivity contribution is 5.45. The van der Waals surface area contributed by atoms with Crippen LogP contribution in [0.4, 0.5) is 11.8 Å². The minimum absolute atomic E-state index is 0.397. The molecular weight excluding hydrogens is 194 g/mol. The summed E-state index contributed by atoms with van der Waals surface area (Å²) >= 11 is 0. The number of anilines is 2. The number of nitrogens with two attached hydrogens (primary N) is 2. The molecule has 7 heteroatoms. The van der Waals surface area contributed by atoms with Crippen LogP contribution in [0.15, 0.2) is 6.20 Å². The number of hydrogen-bond donors (Lipinski definition) is 2. The Kier molecular flexibility index (Phi) is 2.14. The molecule has 82 valence electrons. The van der Waals surface area contributed by atoms with E-state index in [1.807, 2.05) is 18.9 Å². The van der Waals surface area contributed by atoms with E-state index in [9.17, 15) is 0 Å². The van der Waals surface area contributed by atoms with Gasteiger partial charge in [0.05, 0.1) is 6.20 Å². The van der Waals surface area contributed by atoms with Crippen LogP contribution in [-0.4, -0.2) is 32.4 Å². The van der Waals surface area contributed by atoms with E-state index in [-0.39, 0.29) is 0 Å². The number of nitrogen functional groups attached to an aromatic ring is 2. The Morgan fingerprint density at radius 3 is 2.60 bits per heavy atom. The minimum atomic E-state index is 0.397. The van der Waals surface area contributed by atoms with Gasteiger partial charge in [0.2, 0.25) is 5.95 Å². The van der Waals surface area contributed by atoms with Gasteiger partial charge in [0.15, 0.2) is 0 Å². The van der Waals surface area contributed by atoms with Crippen LogP contribution in [0.5, 0.6) is 0 Å². The Balaban J connectivity index is 2.65. The van der Waals surface area contributed by atoms with E-state index in [1.54, 1.807) is 15.5 Å². The minimum Gasteiger partial charge on any atom is -0.382 e. The lowest BCUT2D eigenvalue weighted by molar-refractivity contribution is 0.541. The standard InChI is InChI=1S/C8H15N7/c1-3-13(4-2)15-7(10)12-8-11-5-6(9)14(8)15/h5H,3-4,9H2,1-2H3,(H2,10,11,12). The largest absolute Gasteiger partial charge is 0.382 e. The second kappa shape index (κ2) is 3.34. The van der Waals surface area contributed by atoms with E-state index >= 15 is 0 Å². The normalized spacial score (nSPS) is 11.1. The maximum atomic E-state index is 5.81. The van der Waals surface area contributed by atoms with Gasteiger partial charge in [0, 0.05) is 13.1 Å². The van der Waals surface area contributed by atoms with Crippen molar-refractivity contribution in [1.82, 2.24) is 19.3 Å². The summed E-state index contributed by atoms with van der Waals surface area (Å²) in [7, 11) is 0. The lowest BCUT2D eigenvalue weighted by Gasteiger charge is -2.23. The molecule has 0 amide bonds. The van der Waals surface area contributed by atoms with E-state index in [2.05, 4.69) is 9.97 Å². The predicted molar refractivity (Wildman–Crippen MR) is 59.1 cm³/mol. The Bertz CT molecular complexity index is 464. The van der Waals surface area contributed by atoms with Gasteiger partial charge in [-0.25, -0.2) is 4.98 Å². The highest BCUT2D eigenvalue weighted by Crippen LogP contribution is 2.11. The topological polar surface area (TPSA) is 90.4 Å². The monoisotopic (exact) mass is 209 g/mol. The Morgan fingerprint density at radius 2 is 2.00 bits per heavy atom. The van der Waals surface area contributed by atoms with Crippen molar-refractivity contribution in [2.24, 2.45) is 0 Å². The van der Waals surface area contributed by atoms with Crippen molar-refractivity contribution >= 4 is 17.5 Å². The fraction of sp³-hybridized carbons (Fsp3) is 0.500. The number of nitrogens with zero attached hydrogens (tertiary/aromatic N) is 5. The van der Waals surface area contributed by atoms with Crippen LogP contribution in [0.3, 0.4) is 0 Å². The van der Waals surface area contributed by atoms with Gasteiger partial charge in [0.25, 0.3) is 5.78 Å². The molecule has 0 radical (unpaired) electrons. The van der Waals surface area contributed by atoms with Crippen LogP contribution in [-0.2, 0) is 0 Å². The molecule has 0 saturated carbocycles. The molecule has 0 aliphatic heterocycles. The average Bonchev–Trinajstić information content (AvgIpc) is 2.71. The number of fused-ring (bicyclic) bond motifs is 1. The van der Waals surface area contributed by atoms with Crippen molar-refractivity contribution in [2.75, 3.05) is 29.6 Å². The molecular formula is C8H15N7. The summed E-state index contributed by atoms with van der Waals surface area (Å²) in [5.74, 6) is 1.45. The van der Waals surface area contributed by atoms with Crippen LogP contribution >= 0.6 is 0 Å². The van der Waals surface area contributed by atoms with Gasteiger partial charge in [-0.05, 0) is 13.8 Å². The summed E-state index contributed by atoms with van der Waals surface area (Å²) < 4.78 is 1.70. The smallest absolute Gasteiger partial charge is 0.255 e. The van der Waals surface area contributed by atoms with Gasteiger partial charge in [0.1, 0.15) is 5.82 Å². The second-order valence-corrected chi connectivity index (χ2v) is 3.19. The Morgan fingerprint density at radius 1 is 1.33 bits per heavy atom. The number of hydrogen-bond acceptors (Lipinski definition) is 5. The molecule has 0 saturated heterocycles. The molecule has 0 atom stereocenters. The van der Waals surface area contributed by atoms with E-state index in [4.69, 9.17) is 11.5 Å². The van der Waals surface area contributed by atoms with Crippen LogP contribution in [0, 0.1) is 0 Å². The summed E-state index contributed by atoms with van der Waals surface area (Å²) in [4.78, 5) is 9.92. The van der Waals surface area contributed by atoms with E-state index in [0.717, 1.165) is 13.1 Å². The zero-order chi connectivity index (χ0) is 11.0. The summed E-state index contributed by atoms with van der Waals surface area (Å²) in [5, 5.41) is 2.02. The zero-order valence-electron chi connectivity index (χ0n) is 8.88. The van der Waals surface area contributed by atoms with Crippen LogP contribution in [0.1, 0.15) is 13.8 Å². The van der Waals surface area contributed by atoms with Crippen molar-refractivity contribution in [3.8, 4) is 0 Å². The van der Waals surface area contributed by atoms with Gasteiger partial charge in [-0.3, -0.25) is 5.01 Å². The first-order chi connectivity index (χ1) is 7.19. The zero-order valence-corrected chi connectivity index (χ0v) is 8.88. The molecule has 15 heavy (non-hydrogen) atoms. The Labute approximate surface area is 87.2 Å². The Hall–Kier alpha value is -1.92. The third kappa shape index (κ3) is 1.27. The lowest BCUT2D eigenvalue weighted by atomic mass is 10.6. The molecule has 0 spiro atoms. The van der Waals surface area contributed by atoms with Gasteiger partial charge in [-0.2, -0.15) is 14.3 Å². The molecule has 4 N–H and O–H groups in total. The third-order valence-corrected chi connectivity index (χ3v) is 2.35. The fourth-order valence-electron chi connectivity index (χ4n) is 1.63. The first-order valence-corrected chi connectivity index (χ1v) is 4.91. The lowest BCUT2D eigenvalue weighted by Crippen LogP contribution is -2.37. The molecule has 2 rings (SSSR count). The highest BCUT2D eigenvalue weighted by atomic mass is 15.7. The van der Waals surface area contributed by atoms with E-state index < -0.39 is 0 Å². The third-order valence-electron chi connectivity index (χ3n) is 2.35. The number of rotatable bonds is 3. The molecule has 2 aromatic heterocycles. The average molecular weight is 209 g/mol. The summed E-state index contributed by atoms with van der Waals surface area (Å²) in [6.07, 6.45) is 1.57. The van der Waals surface area contributed by atoms with Crippen molar-refractivity contribution < 1.29 is 0 Å². The molecule has 0 aromatic carbocycles. The van der Waals surface area contributed by atoms with E-state index in [1.165, 1.54) is 0 Å². The molecule has 0 unspecified atom stereocenters. The second-order valence-electron chi connectivity index (χ2n) is 3.19. The number of imidazole rings is 1. The first-order valence-electron chi connectivity index (χ1n) is 4.91. The van der Waals surface area contributed by atoms with E-state index in [0.29, 0.717) is 17.5 Å². The van der Waals surface area contributed by atoms with Gasteiger partial charge in [-0.15, -0.1) is 0 Å². The fourth-order valence-corrected chi connectivity index (χ4v) is 1.63.